The number of ether oxygens (including phenoxy) is 1. The van der Waals surface area contributed by atoms with E-state index in [0.29, 0.717) is 44.8 Å². The number of nitrogens with zero attached hydrogens (tertiary/aromatic N) is 4. The first-order valence-corrected chi connectivity index (χ1v) is 14.5. The van der Waals surface area contributed by atoms with Crippen LogP contribution in [0.3, 0.4) is 0 Å². The molecule has 1 aromatic heterocycles. The fraction of sp³-hybridized carbons (Fsp3) is 0.321. The van der Waals surface area contributed by atoms with E-state index in [2.05, 4.69) is 5.10 Å². The predicted octanol–water partition coefficient (Wildman–Crippen LogP) is 3.88. The zero-order valence-electron chi connectivity index (χ0n) is 22.4. The van der Waals surface area contributed by atoms with Crippen LogP contribution in [0.1, 0.15) is 49.9 Å². The van der Waals surface area contributed by atoms with Crippen molar-refractivity contribution in [3.05, 3.63) is 81.3 Å². The number of carbonyl (C=O) groups excluding carboxylic acids is 2. The van der Waals surface area contributed by atoms with E-state index < -0.39 is 23.6 Å². The maximum absolute atomic E-state index is 16.1. The zero-order valence-corrected chi connectivity index (χ0v) is 24.0. The highest BCUT2D eigenvalue weighted by molar-refractivity contribution is 7.98. The van der Waals surface area contributed by atoms with Crippen LogP contribution in [0.2, 0.25) is 5.02 Å². The Morgan fingerprint density at radius 1 is 1.10 bits per heavy atom. The Balaban J connectivity index is 1.45. The van der Waals surface area contributed by atoms with Crippen molar-refractivity contribution >= 4 is 47.1 Å². The van der Waals surface area contributed by atoms with Gasteiger partial charge in [-0.05, 0) is 24.1 Å². The average Bonchev–Trinajstić information content (AvgIpc) is 3.60. The summed E-state index contributed by atoms with van der Waals surface area (Å²) in [6, 6.07) is 10.8. The number of aromatic carboxylic acids is 1. The van der Waals surface area contributed by atoms with Crippen LogP contribution in [0.4, 0.5) is 9.18 Å². The highest BCUT2D eigenvalue weighted by atomic mass is 35.5. The van der Waals surface area contributed by atoms with Crippen LogP contribution in [-0.2, 0) is 10.5 Å². The van der Waals surface area contributed by atoms with Gasteiger partial charge in [0.05, 0.1) is 29.4 Å². The average molecular weight is 615 g/mol. The third kappa shape index (κ3) is 5.98. The second kappa shape index (κ2) is 12.5. The zero-order chi connectivity index (χ0) is 30.0. The quantitative estimate of drug-likeness (QED) is 0.206. The minimum Gasteiger partial charge on any atom is -0.478 e. The maximum atomic E-state index is 16.1. The molecule has 3 heterocycles. The normalized spacial score (nSPS) is 17.0. The van der Waals surface area contributed by atoms with Crippen molar-refractivity contribution in [2.75, 3.05) is 39.4 Å². The molecule has 11 nitrogen and oxygen atoms in total. The highest BCUT2D eigenvalue weighted by Gasteiger charge is 2.36. The number of amidine groups is 1. The van der Waals surface area contributed by atoms with Gasteiger partial charge in [-0.3, -0.25) is 10.2 Å². The van der Waals surface area contributed by atoms with Gasteiger partial charge in [0.2, 0.25) is 0 Å². The number of nitrogen functional groups attached to an aromatic ring is 1. The number of nitrogens with two attached hydrogens (primary N) is 1. The smallest absolute Gasteiger partial charge is 0.337 e. The van der Waals surface area contributed by atoms with Crippen LogP contribution in [0.5, 0.6) is 0 Å². The lowest BCUT2D eigenvalue weighted by atomic mass is 10.1. The first kappa shape index (κ1) is 29.5. The van der Waals surface area contributed by atoms with Crippen LogP contribution < -0.4 is 5.73 Å². The molecule has 2 amide bonds. The standard InChI is InChI=1S/C28H28ClFN6O5S/c29-21-19(2-1-3-20(21)27(38)39)25(37)36-26(42-15-16-4-6-17(7-5-16)24(31)32)22(30)23(33-36)18-8-9-35(14-18)28(40)34-10-12-41-13-11-34/h1-7,18H,8-15H2,(H3,31,32)(H,38,39). The van der Waals surface area contributed by atoms with Crippen molar-refractivity contribution in [2.45, 2.75) is 23.1 Å². The van der Waals surface area contributed by atoms with Crippen LogP contribution >= 0.6 is 23.4 Å². The molecule has 0 aliphatic carbocycles. The van der Waals surface area contributed by atoms with Crippen LogP contribution in [0.15, 0.2) is 47.5 Å². The number of carboxylic acids is 1. The number of carbonyl (C=O) groups is 3. The number of halogens is 2. The van der Waals surface area contributed by atoms with Gasteiger partial charge in [0, 0.05) is 43.4 Å². The van der Waals surface area contributed by atoms with Gasteiger partial charge in [0.15, 0.2) is 5.82 Å². The van der Waals surface area contributed by atoms with Crippen molar-refractivity contribution in [3.8, 4) is 0 Å². The topological polar surface area (TPSA) is 155 Å². The summed E-state index contributed by atoms with van der Waals surface area (Å²) in [5.74, 6) is -3.01. The van der Waals surface area contributed by atoms with E-state index in [-0.39, 0.29) is 51.0 Å². The first-order chi connectivity index (χ1) is 20.2. The van der Waals surface area contributed by atoms with E-state index >= 15 is 4.39 Å². The summed E-state index contributed by atoms with van der Waals surface area (Å²) in [5, 5.41) is 21.1. The molecule has 0 bridgehead atoms. The summed E-state index contributed by atoms with van der Waals surface area (Å²) in [7, 11) is 0. The van der Waals surface area contributed by atoms with Gasteiger partial charge in [0.1, 0.15) is 16.6 Å². The van der Waals surface area contributed by atoms with Crippen molar-refractivity contribution in [1.29, 1.82) is 5.41 Å². The fourth-order valence-corrected chi connectivity index (χ4v) is 6.20. The Bertz CT molecular complexity index is 1540. The fourth-order valence-electron chi connectivity index (χ4n) is 4.94. The predicted molar refractivity (Wildman–Crippen MR) is 154 cm³/mol. The van der Waals surface area contributed by atoms with E-state index in [0.717, 1.165) is 22.0 Å². The molecule has 0 radical (unpaired) electrons. The summed E-state index contributed by atoms with van der Waals surface area (Å²) in [6.07, 6.45) is 0.462. The molecular formula is C28H28ClFN6O5S. The van der Waals surface area contributed by atoms with E-state index in [1.54, 1.807) is 34.1 Å². The van der Waals surface area contributed by atoms with Crippen molar-refractivity contribution in [1.82, 2.24) is 19.6 Å². The lowest BCUT2D eigenvalue weighted by molar-refractivity contribution is 0.0450. The summed E-state index contributed by atoms with van der Waals surface area (Å²) in [6.45, 7) is 2.56. The molecule has 2 saturated heterocycles. The largest absolute Gasteiger partial charge is 0.478 e. The molecular weight excluding hydrogens is 587 g/mol. The van der Waals surface area contributed by atoms with Gasteiger partial charge in [0.25, 0.3) is 5.91 Å². The van der Waals surface area contributed by atoms with E-state index in [4.69, 9.17) is 27.5 Å². The van der Waals surface area contributed by atoms with Gasteiger partial charge < -0.3 is 25.4 Å². The number of amides is 2. The lowest BCUT2D eigenvalue weighted by Gasteiger charge is -2.30. The SMILES string of the molecule is N=C(N)c1ccc(CSc2c(F)c(C3CCN(C(=O)N4CCOCC4)C3)nn2C(=O)c2cccc(C(=O)O)c2Cl)cc1. The van der Waals surface area contributed by atoms with Gasteiger partial charge in [-0.25, -0.2) is 14.0 Å². The summed E-state index contributed by atoms with van der Waals surface area (Å²) >= 11 is 7.33. The number of urea groups is 1. The number of benzene rings is 2. The number of hydrogen-bond acceptors (Lipinski definition) is 7. The molecule has 3 aromatic rings. The van der Waals surface area contributed by atoms with Gasteiger partial charge in [-0.2, -0.15) is 9.78 Å². The molecule has 2 fully saturated rings. The number of thioether (sulfide) groups is 1. The number of likely N-dealkylation sites (tertiary alicyclic amines) is 1. The van der Waals surface area contributed by atoms with Crippen molar-refractivity contribution in [3.63, 3.8) is 0 Å². The van der Waals surface area contributed by atoms with Crippen molar-refractivity contribution in [2.24, 2.45) is 5.73 Å². The van der Waals surface area contributed by atoms with Gasteiger partial charge in [-0.15, -0.1) is 0 Å². The summed E-state index contributed by atoms with van der Waals surface area (Å²) in [4.78, 5) is 41.7. The highest BCUT2D eigenvalue weighted by Crippen LogP contribution is 2.36. The molecule has 4 N–H and O–H groups in total. The number of nitrogens with one attached hydrogen (secondary N) is 1. The number of morpholine rings is 1. The Labute approximate surface area is 249 Å². The molecule has 2 aliphatic heterocycles. The summed E-state index contributed by atoms with van der Waals surface area (Å²) in [5.41, 5.74) is 6.53. The van der Waals surface area contributed by atoms with E-state index in [9.17, 15) is 19.5 Å². The second-order valence-electron chi connectivity index (χ2n) is 9.91. The van der Waals surface area contributed by atoms with Crippen LogP contribution in [0.25, 0.3) is 0 Å². The number of carboxylic acid groups (broad SMARTS) is 1. The first-order valence-electron chi connectivity index (χ1n) is 13.2. The number of rotatable bonds is 7. The molecule has 2 aliphatic rings. The third-order valence-corrected chi connectivity index (χ3v) is 8.74. The molecule has 42 heavy (non-hydrogen) atoms. The Kier molecular flexibility index (Phi) is 8.80. The Morgan fingerprint density at radius 3 is 2.45 bits per heavy atom. The minimum absolute atomic E-state index is 0.0552. The molecule has 0 spiro atoms. The van der Waals surface area contributed by atoms with Crippen LogP contribution in [-0.4, -0.2) is 87.8 Å². The van der Waals surface area contributed by atoms with Crippen molar-refractivity contribution < 1.29 is 28.6 Å². The molecule has 220 valence electrons. The summed E-state index contributed by atoms with van der Waals surface area (Å²) < 4.78 is 22.4. The van der Waals surface area contributed by atoms with Gasteiger partial charge >= 0.3 is 12.0 Å². The Morgan fingerprint density at radius 2 is 1.79 bits per heavy atom. The molecule has 1 unspecified atom stereocenters. The number of aromatic nitrogens is 2. The monoisotopic (exact) mass is 614 g/mol. The van der Waals surface area contributed by atoms with E-state index in [1.165, 1.54) is 18.2 Å². The maximum Gasteiger partial charge on any atom is 0.337 e. The minimum atomic E-state index is -1.30. The lowest BCUT2D eigenvalue weighted by Crippen LogP contribution is -2.47. The molecule has 2 aromatic carbocycles. The second-order valence-corrected chi connectivity index (χ2v) is 11.2. The Hall–Kier alpha value is -3.94. The molecule has 0 saturated carbocycles. The number of hydrogen-bond donors (Lipinski definition) is 3. The third-order valence-electron chi connectivity index (χ3n) is 7.23. The molecule has 5 rings (SSSR count). The van der Waals surface area contributed by atoms with Crippen LogP contribution in [0, 0.1) is 11.2 Å². The molecule has 1 atom stereocenters. The van der Waals surface area contributed by atoms with E-state index in [1.807, 2.05) is 0 Å². The molecule has 14 heteroatoms. The van der Waals surface area contributed by atoms with Gasteiger partial charge in [-0.1, -0.05) is 53.7 Å².